The molecule has 0 N–H and O–H groups in total. The molecule has 0 spiro atoms. The second-order valence-corrected chi connectivity index (χ2v) is 39.7. The summed E-state index contributed by atoms with van der Waals surface area (Å²) in [6.07, 6.45) is 118. The summed E-state index contributed by atoms with van der Waals surface area (Å²) in [5.41, 5.74) is -1.59. The van der Waals surface area contributed by atoms with Gasteiger partial charge in [0.05, 0.1) is 58.5 Å². The predicted molar refractivity (Wildman–Crippen MR) is 544 cm³/mol. The number of hydrogen-bond donors (Lipinski definition) is 0. The molecule has 740 valence electrons. The van der Waals surface area contributed by atoms with Crippen LogP contribution in [-0.2, 0) is 39.2 Å². The molecule has 0 unspecified atom stereocenters. The Morgan fingerprint density at radius 3 is 0.512 bits per heavy atom. The molecule has 2 aromatic rings. The van der Waals surface area contributed by atoms with Gasteiger partial charge in [0.25, 0.3) is 0 Å². The molecule has 14 nitrogen and oxygen atoms in total. The molecule has 0 fully saturated rings. The monoisotopic (exact) mass is 1870 g/mol. The molecular weight excluding hydrogens is 1670 g/mol. The van der Waals surface area contributed by atoms with Crippen LogP contribution in [0.1, 0.15) is 583 Å². The maximum atomic E-state index is 13.1. The van der Waals surface area contributed by atoms with Crippen molar-refractivity contribution in [3.63, 3.8) is 0 Å². The Hall–Kier alpha value is -3.64. The van der Waals surface area contributed by atoms with Gasteiger partial charge in [-0.25, -0.2) is 36.0 Å². The Labute approximate surface area is 824 Å². The van der Waals surface area contributed by atoms with Crippen LogP contribution >= 0.6 is 0 Å². The summed E-state index contributed by atoms with van der Waals surface area (Å²) in [4.78, 5) is 50.7. The van der Waals surface area contributed by atoms with E-state index in [9.17, 15) is 45.1 Å². The first-order valence-electron chi connectivity index (χ1n) is 54.1. The number of allylic oxidation sites excluding steroid dienone is 8. The van der Waals surface area contributed by atoms with Gasteiger partial charge in [-0.15, -0.1) is 0 Å². The fraction of sp³-hybridized carbons (Fsp3) is 0.786. The van der Waals surface area contributed by atoms with Crippen LogP contribution in [0, 0.1) is 0 Å². The van der Waals surface area contributed by atoms with Crippen molar-refractivity contribution in [1.29, 1.82) is 0 Å². The zero-order valence-corrected chi connectivity index (χ0v) is 87.6. The molecule has 0 saturated carbocycles. The molecule has 17 heteroatoms. The first-order chi connectivity index (χ1) is 62.6. The van der Waals surface area contributed by atoms with Gasteiger partial charge in [0.2, 0.25) is 0 Å². The van der Waals surface area contributed by atoms with Crippen molar-refractivity contribution in [1.82, 2.24) is 0 Å². The molecule has 0 aliphatic carbocycles. The number of carbonyl (C=O) groups is 4. The summed E-state index contributed by atoms with van der Waals surface area (Å²) < 4.78 is 93.9. The van der Waals surface area contributed by atoms with E-state index in [1.165, 1.54) is 384 Å². The number of esters is 4. The third-order valence-electron chi connectivity index (χ3n) is 25.0. The van der Waals surface area contributed by atoms with Crippen molar-refractivity contribution in [2.75, 3.05) is 26.4 Å². The summed E-state index contributed by atoms with van der Waals surface area (Å²) in [7, 11) is -10.1. The van der Waals surface area contributed by atoms with Gasteiger partial charge >= 0.3 is 61.6 Å². The Balaban J connectivity index is 0.00000252. The summed E-state index contributed by atoms with van der Waals surface area (Å²) >= 11 is 0. The average Bonchev–Trinajstić information content (AvgIpc) is 0.794. The van der Waals surface area contributed by atoms with E-state index in [-0.39, 0.29) is 75.3 Å². The average molecular weight is 1870 g/mol. The van der Waals surface area contributed by atoms with Crippen LogP contribution in [0.3, 0.4) is 0 Å². The van der Waals surface area contributed by atoms with Crippen LogP contribution in [0.15, 0.2) is 94.8 Å². The maximum absolute atomic E-state index is 13.1. The van der Waals surface area contributed by atoms with Gasteiger partial charge in [0.1, 0.15) is 20.2 Å². The number of rotatable bonds is 94. The third kappa shape index (κ3) is 80.2. The first kappa shape index (κ1) is 125. The van der Waals surface area contributed by atoms with Crippen LogP contribution in [-0.4, -0.2) is 114 Å². The molecule has 0 aliphatic heterocycles. The van der Waals surface area contributed by atoms with Gasteiger partial charge in [0.15, 0.2) is 0 Å². The molecule has 2 rings (SSSR count). The van der Waals surface area contributed by atoms with E-state index in [1.54, 1.807) is 0 Å². The molecular formula is C112H194CaO14S2. The number of ether oxygens (including phenoxy) is 4. The Morgan fingerprint density at radius 1 is 0.217 bits per heavy atom. The van der Waals surface area contributed by atoms with Crippen LogP contribution in [0.4, 0.5) is 0 Å². The van der Waals surface area contributed by atoms with Gasteiger partial charge in [0, 0.05) is 0 Å². The zero-order chi connectivity index (χ0) is 92.9. The van der Waals surface area contributed by atoms with Gasteiger partial charge < -0.3 is 28.1 Å². The van der Waals surface area contributed by atoms with Crippen molar-refractivity contribution in [3.8, 4) is 0 Å². The normalized spacial score (nSPS) is 11.8. The topological polar surface area (TPSA) is 220 Å². The first-order valence-corrected chi connectivity index (χ1v) is 56.9. The Morgan fingerprint density at radius 2 is 0.357 bits per heavy atom. The largest absolute Gasteiger partial charge is 2.00 e. The smallest absolute Gasteiger partial charge is 0.744 e. The quantitative estimate of drug-likeness (QED) is 0.0150. The van der Waals surface area contributed by atoms with E-state index in [2.05, 4.69) is 76.3 Å². The van der Waals surface area contributed by atoms with Crippen LogP contribution < -0.4 is 0 Å². The molecule has 0 saturated heterocycles. The maximum Gasteiger partial charge on any atom is 2.00 e. The SMILES string of the molecule is CCCCCCCCCCCCCCCC/C=C/CCCCCCOC(=O)c1cccc(S(=O)(=O)[O-])c1C(=O)OCCCCCC/C=C/CCCCCCCCCCCCCCCC.CCCCCCCCCCCCCCCC/C=C/CCCCCCOC(=O)c1cccc(S(=O)(=O)[O-])c1C(=O)OCCCCCC/C=C/CCCCCCCCCCCCCCCC.[Ca+2]. The van der Waals surface area contributed by atoms with Gasteiger partial charge in [-0.2, -0.15) is 0 Å². The predicted octanol–water partition coefficient (Wildman–Crippen LogP) is 34.9. The van der Waals surface area contributed by atoms with Crippen molar-refractivity contribution < 1.29 is 64.1 Å². The van der Waals surface area contributed by atoms with Gasteiger partial charge in [-0.05, 0) is 153 Å². The second kappa shape index (κ2) is 96.1. The minimum absolute atomic E-state index is 0. The number of carbonyl (C=O) groups excluding carboxylic acids is 4. The van der Waals surface area contributed by atoms with E-state index >= 15 is 0 Å². The van der Waals surface area contributed by atoms with E-state index in [1.807, 2.05) is 0 Å². The molecule has 0 atom stereocenters. The van der Waals surface area contributed by atoms with Gasteiger partial charge in [-0.1, -0.05) is 474 Å². The molecule has 0 heterocycles. The van der Waals surface area contributed by atoms with E-state index < -0.39 is 65.0 Å². The van der Waals surface area contributed by atoms with Crippen molar-refractivity contribution >= 4 is 81.9 Å². The molecule has 129 heavy (non-hydrogen) atoms. The number of benzene rings is 2. The van der Waals surface area contributed by atoms with Crippen molar-refractivity contribution in [3.05, 3.63) is 107 Å². The molecule has 0 bridgehead atoms. The third-order valence-corrected chi connectivity index (χ3v) is 26.8. The summed E-state index contributed by atoms with van der Waals surface area (Å²) in [5.74, 6) is -3.65. The second-order valence-electron chi connectivity index (χ2n) is 37.0. The molecule has 0 aromatic heterocycles. The fourth-order valence-electron chi connectivity index (χ4n) is 16.8. The standard InChI is InChI=1S/2C56H98O7S.Ca/c2*1-3-5-7-9-11-13-15-17-19-21-23-25-27-29-31-33-35-37-39-41-43-45-50-62-55(57)52-48-47-49-53(64(59,60)61)54(52)56(58)63-51-46-44-42-40-38-36-34-32-30-28-26-24-22-20-18-16-14-12-10-8-6-4-2;/h2*33-36,47-49H,3-32,37-46,50-51H2,1-2H3,(H,59,60,61);/q;;+2/p-2/b2*35-33+,36-34+;. The number of unbranched alkanes of at least 4 members (excludes halogenated alkanes) is 72. The Bertz CT molecular complexity index is 3020. The minimum Gasteiger partial charge on any atom is -0.744 e. The fourth-order valence-corrected chi connectivity index (χ4v) is 18.2. The Kier molecular flexibility index (Phi) is 93.3. The molecule has 0 amide bonds. The molecule has 2 aromatic carbocycles. The zero-order valence-electron chi connectivity index (χ0n) is 83.7. The van der Waals surface area contributed by atoms with E-state index in [0.29, 0.717) is 25.7 Å². The molecule has 0 radical (unpaired) electrons. The van der Waals surface area contributed by atoms with Crippen molar-refractivity contribution in [2.45, 2.75) is 551 Å². The number of hydrogen-bond acceptors (Lipinski definition) is 14. The van der Waals surface area contributed by atoms with Crippen molar-refractivity contribution in [2.24, 2.45) is 0 Å². The van der Waals surface area contributed by atoms with Crippen LogP contribution in [0.25, 0.3) is 0 Å². The summed E-state index contributed by atoms with van der Waals surface area (Å²) in [5, 5.41) is 0. The van der Waals surface area contributed by atoms with Crippen LogP contribution in [0.5, 0.6) is 0 Å². The van der Waals surface area contributed by atoms with E-state index in [0.717, 1.165) is 141 Å². The molecule has 0 aliphatic rings. The van der Waals surface area contributed by atoms with E-state index in [4.69, 9.17) is 18.9 Å². The van der Waals surface area contributed by atoms with Crippen LogP contribution in [0.2, 0.25) is 0 Å². The van der Waals surface area contributed by atoms with Gasteiger partial charge in [-0.3, -0.25) is 0 Å². The summed E-state index contributed by atoms with van der Waals surface area (Å²) in [6, 6.07) is 7.25. The summed E-state index contributed by atoms with van der Waals surface area (Å²) in [6.45, 7) is 9.54. The minimum atomic E-state index is -5.03.